The fourth-order valence-electron chi connectivity index (χ4n) is 0.606. The van der Waals surface area contributed by atoms with E-state index in [0.717, 1.165) is 6.54 Å². The highest BCUT2D eigenvalue weighted by Crippen LogP contribution is 1.89. The first-order chi connectivity index (χ1) is 4.91. The van der Waals surface area contributed by atoms with Gasteiger partial charge in [-0.2, -0.15) is 16.6 Å². The Morgan fingerprint density at radius 2 is 2.00 bits per heavy atom. The molecule has 0 amide bonds. The lowest BCUT2D eigenvalue weighted by Crippen LogP contribution is -2.53. The zero-order chi connectivity index (χ0) is 7.66. The van der Waals surface area contributed by atoms with Crippen LogP contribution in [0.15, 0.2) is 0 Å². The Balaban J connectivity index is 2.65. The van der Waals surface area contributed by atoms with Crippen molar-refractivity contribution in [2.45, 2.75) is 26.2 Å². The second-order valence-corrected chi connectivity index (χ2v) is 2.03. The van der Waals surface area contributed by atoms with Crippen LogP contribution in [0.4, 0.5) is 0 Å². The van der Waals surface area contributed by atoms with Crippen LogP contribution in [0.25, 0.3) is 0 Å². The fraction of sp³-hybridized carbons (Fsp3) is 1.00. The molecule has 10 heavy (non-hydrogen) atoms. The molecule has 0 saturated heterocycles. The van der Waals surface area contributed by atoms with Crippen LogP contribution in [0.3, 0.4) is 0 Å². The van der Waals surface area contributed by atoms with Gasteiger partial charge in [-0.25, -0.2) is 5.43 Å². The first-order valence-electron chi connectivity index (χ1n) is 3.60. The van der Waals surface area contributed by atoms with E-state index < -0.39 is 0 Å². The van der Waals surface area contributed by atoms with Crippen molar-refractivity contribution >= 4 is 0 Å². The summed E-state index contributed by atoms with van der Waals surface area (Å²) < 4.78 is 0. The van der Waals surface area contributed by atoms with Crippen LogP contribution in [-0.2, 0) is 0 Å². The first kappa shape index (κ1) is 9.80. The third-order valence-electron chi connectivity index (χ3n) is 1.13. The molecule has 0 aliphatic heterocycles. The second kappa shape index (κ2) is 8.80. The molecule has 0 spiro atoms. The standard InChI is InChI=1S/C5H17N5/c1-2-3-4-5-7-9-10-8-6/h7-10H,2-6H2,1H3. The molecular formula is C5H17N5. The van der Waals surface area contributed by atoms with Gasteiger partial charge in [0.05, 0.1) is 0 Å². The molecule has 5 nitrogen and oxygen atoms in total. The van der Waals surface area contributed by atoms with Gasteiger partial charge in [0, 0.05) is 6.54 Å². The molecule has 5 heteroatoms. The maximum Gasteiger partial charge on any atom is 0.0113 e. The van der Waals surface area contributed by atoms with Gasteiger partial charge in [-0.1, -0.05) is 19.8 Å². The van der Waals surface area contributed by atoms with Crippen LogP contribution < -0.4 is 27.9 Å². The Hall–Kier alpha value is -0.200. The van der Waals surface area contributed by atoms with E-state index in [0.29, 0.717) is 0 Å². The van der Waals surface area contributed by atoms with Gasteiger partial charge < -0.3 is 0 Å². The van der Waals surface area contributed by atoms with E-state index in [2.05, 4.69) is 29.0 Å². The van der Waals surface area contributed by atoms with Gasteiger partial charge in [0.2, 0.25) is 0 Å². The van der Waals surface area contributed by atoms with E-state index in [1.807, 2.05) is 0 Å². The molecule has 0 aliphatic carbocycles. The molecule has 0 rings (SSSR count). The average Bonchev–Trinajstić information content (AvgIpc) is 1.97. The van der Waals surface area contributed by atoms with E-state index in [9.17, 15) is 0 Å². The van der Waals surface area contributed by atoms with Crippen LogP contribution in [-0.4, -0.2) is 6.54 Å². The van der Waals surface area contributed by atoms with E-state index in [1.54, 1.807) is 0 Å². The molecule has 0 aromatic heterocycles. The maximum atomic E-state index is 4.91. The van der Waals surface area contributed by atoms with Gasteiger partial charge in [-0.05, 0) is 6.42 Å². The third-order valence-corrected chi connectivity index (χ3v) is 1.13. The molecule has 62 valence electrons. The van der Waals surface area contributed by atoms with Crippen molar-refractivity contribution in [1.82, 2.24) is 22.0 Å². The minimum Gasteiger partial charge on any atom is -0.257 e. The molecule has 0 radical (unpaired) electrons. The molecule has 0 aromatic rings. The molecule has 0 saturated carbocycles. The van der Waals surface area contributed by atoms with Crippen LogP contribution in [0.5, 0.6) is 0 Å². The van der Waals surface area contributed by atoms with Crippen molar-refractivity contribution in [3.63, 3.8) is 0 Å². The Morgan fingerprint density at radius 1 is 1.20 bits per heavy atom. The summed E-state index contributed by atoms with van der Waals surface area (Å²) in [5, 5.41) is 0. The zero-order valence-corrected chi connectivity index (χ0v) is 6.41. The summed E-state index contributed by atoms with van der Waals surface area (Å²) in [6.45, 7) is 3.12. The Morgan fingerprint density at radius 3 is 2.60 bits per heavy atom. The third kappa shape index (κ3) is 7.80. The van der Waals surface area contributed by atoms with Crippen LogP contribution in [0, 0.1) is 0 Å². The smallest absolute Gasteiger partial charge is 0.0113 e. The van der Waals surface area contributed by atoms with Crippen molar-refractivity contribution in [2.75, 3.05) is 6.54 Å². The molecular weight excluding hydrogens is 130 g/mol. The Bertz CT molecular complexity index is 50.0. The van der Waals surface area contributed by atoms with Gasteiger partial charge in [0.1, 0.15) is 0 Å². The first-order valence-corrected chi connectivity index (χ1v) is 3.60. The number of nitrogens with one attached hydrogen (secondary N) is 4. The van der Waals surface area contributed by atoms with Crippen LogP contribution in [0.1, 0.15) is 26.2 Å². The average molecular weight is 147 g/mol. The lowest BCUT2D eigenvalue weighted by Gasteiger charge is -2.05. The van der Waals surface area contributed by atoms with E-state index >= 15 is 0 Å². The quantitative estimate of drug-likeness (QED) is 0.184. The lowest BCUT2D eigenvalue weighted by atomic mass is 10.3. The maximum absolute atomic E-state index is 4.91. The number of hydrogen-bond donors (Lipinski definition) is 5. The highest BCUT2D eigenvalue weighted by atomic mass is 15.8. The highest BCUT2D eigenvalue weighted by Gasteiger charge is 1.83. The van der Waals surface area contributed by atoms with Crippen LogP contribution in [0.2, 0.25) is 0 Å². The summed E-state index contributed by atoms with van der Waals surface area (Å²) in [6, 6.07) is 0. The molecule has 6 N–H and O–H groups in total. The van der Waals surface area contributed by atoms with E-state index in [-0.39, 0.29) is 0 Å². The number of unbranched alkanes of at least 4 members (excludes halogenated alkanes) is 2. The van der Waals surface area contributed by atoms with Crippen molar-refractivity contribution in [2.24, 2.45) is 5.84 Å². The Labute approximate surface area is 61.6 Å². The molecule has 0 bridgehead atoms. The second-order valence-electron chi connectivity index (χ2n) is 2.03. The number of rotatable bonds is 7. The summed E-state index contributed by atoms with van der Waals surface area (Å²) in [7, 11) is 0. The molecule has 0 aliphatic rings. The van der Waals surface area contributed by atoms with Gasteiger partial charge in [-0.15, -0.1) is 0 Å². The SMILES string of the molecule is CCCCCNNNNN. The van der Waals surface area contributed by atoms with Crippen molar-refractivity contribution < 1.29 is 0 Å². The fourth-order valence-corrected chi connectivity index (χ4v) is 0.606. The monoisotopic (exact) mass is 147 g/mol. The number of hydrazine groups is 4. The summed E-state index contributed by atoms with van der Waals surface area (Å²) in [5.74, 6) is 4.91. The zero-order valence-electron chi connectivity index (χ0n) is 6.41. The predicted octanol–water partition coefficient (Wildman–Crippen LogP) is -0.846. The molecule has 0 atom stereocenters. The van der Waals surface area contributed by atoms with Crippen molar-refractivity contribution in [1.29, 1.82) is 0 Å². The molecule has 0 heterocycles. The number of hydrogen-bond acceptors (Lipinski definition) is 5. The van der Waals surface area contributed by atoms with E-state index in [1.165, 1.54) is 19.3 Å². The molecule has 0 unspecified atom stereocenters. The van der Waals surface area contributed by atoms with E-state index in [4.69, 9.17) is 5.84 Å². The minimum absolute atomic E-state index is 0.947. The van der Waals surface area contributed by atoms with Gasteiger partial charge in [0.25, 0.3) is 0 Å². The lowest BCUT2D eigenvalue weighted by molar-refractivity contribution is 0.371. The summed E-state index contributed by atoms with van der Waals surface area (Å²) >= 11 is 0. The topological polar surface area (TPSA) is 74.1 Å². The minimum atomic E-state index is 0.947. The Kier molecular flexibility index (Phi) is 8.62. The summed E-state index contributed by atoms with van der Waals surface area (Å²) in [6.07, 6.45) is 3.67. The molecule has 0 aromatic carbocycles. The van der Waals surface area contributed by atoms with Gasteiger partial charge >= 0.3 is 0 Å². The summed E-state index contributed by atoms with van der Waals surface area (Å²) in [5.41, 5.74) is 10.3. The van der Waals surface area contributed by atoms with Crippen molar-refractivity contribution in [3.8, 4) is 0 Å². The largest absolute Gasteiger partial charge is 0.257 e. The number of nitrogens with two attached hydrogens (primary N) is 1. The van der Waals surface area contributed by atoms with Gasteiger partial charge in [-0.3, -0.25) is 5.84 Å². The normalized spacial score (nSPS) is 10.2. The van der Waals surface area contributed by atoms with Crippen LogP contribution >= 0.6 is 0 Å². The predicted molar refractivity (Wildman–Crippen MR) is 41.1 cm³/mol. The molecule has 0 fully saturated rings. The van der Waals surface area contributed by atoms with Gasteiger partial charge in [0.15, 0.2) is 0 Å². The summed E-state index contributed by atoms with van der Waals surface area (Å²) in [4.78, 5) is 0. The van der Waals surface area contributed by atoms with Crippen molar-refractivity contribution in [3.05, 3.63) is 0 Å². The highest BCUT2D eigenvalue weighted by molar-refractivity contribution is 4.39.